The van der Waals surface area contributed by atoms with Gasteiger partial charge in [0.15, 0.2) is 5.76 Å². The molecular weight excluding hydrogens is 404 g/mol. The van der Waals surface area contributed by atoms with Gasteiger partial charge in [-0.05, 0) is 48.5 Å². The normalized spacial score (nSPS) is 11.7. The van der Waals surface area contributed by atoms with Crippen LogP contribution in [0.25, 0.3) is 0 Å². The van der Waals surface area contributed by atoms with Crippen LogP contribution >= 0.6 is 0 Å². The lowest BCUT2D eigenvalue weighted by Gasteiger charge is -2.30. The molecule has 0 fully saturated rings. The van der Waals surface area contributed by atoms with E-state index >= 15 is 0 Å². The van der Waals surface area contributed by atoms with Crippen molar-refractivity contribution in [1.29, 1.82) is 0 Å². The van der Waals surface area contributed by atoms with E-state index in [0.717, 1.165) is 18.7 Å². The largest absolute Gasteiger partial charge is 0.459 e. The molecule has 7 heteroatoms. The van der Waals surface area contributed by atoms with Crippen LogP contribution in [0.4, 0.5) is 10.5 Å². The third-order valence-corrected chi connectivity index (χ3v) is 5.30. The average molecular weight is 435 g/mol. The van der Waals surface area contributed by atoms with Crippen LogP contribution in [-0.4, -0.2) is 36.5 Å². The Balaban J connectivity index is 1.49. The van der Waals surface area contributed by atoms with Crippen LogP contribution < -0.4 is 16.0 Å². The fraction of sp³-hybridized carbons (Fsp3) is 0.280. The number of rotatable bonds is 10. The Morgan fingerprint density at radius 1 is 0.906 bits per heavy atom. The van der Waals surface area contributed by atoms with Gasteiger partial charge in [0, 0.05) is 18.8 Å². The lowest BCUT2D eigenvalue weighted by atomic mass is 10.1. The summed E-state index contributed by atoms with van der Waals surface area (Å²) < 4.78 is 5.08. The maximum atomic E-state index is 12.4. The number of nitrogens with zero attached hydrogens (tertiary/aromatic N) is 1. The van der Waals surface area contributed by atoms with Crippen LogP contribution in [0.3, 0.4) is 0 Å². The van der Waals surface area contributed by atoms with E-state index < -0.39 is 0 Å². The van der Waals surface area contributed by atoms with Crippen LogP contribution in [0.5, 0.6) is 0 Å². The first-order valence-corrected chi connectivity index (χ1v) is 10.8. The molecule has 3 amide bonds. The highest BCUT2D eigenvalue weighted by Crippen LogP contribution is 2.19. The fourth-order valence-electron chi connectivity index (χ4n) is 3.54. The number of hydrogen-bond acceptors (Lipinski definition) is 4. The molecule has 0 saturated carbocycles. The molecule has 1 heterocycles. The van der Waals surface area contributed by atoms with Crippen molar-refractivity contribution in [2.75, 3.05) is 25.0 Å². The van der Waals surface area contributed by atoms with Gasteiger partial charge < -0.3 is 20.4 Å². The van der Waals surface area contributed by atoms with E-state index in [1.54, 1.807) is 24.3 Å². The summed E-state index contributed by atoms with van der Waals surface area (Å²) in [6.45, 7) is 6.97. The molecular formula is C25H30N4O3. The monoisotopic (exact) mass is 434 g/mol. The first-order valence-electron chi connectivity index (χ1n) is 10.8. The molecule has 1 aromatic heterocycles. The fourth-order valence-corrected chi connectivity index (χ4v) is 3.54. The number of carbonyl (C=O) groups is 2. The Hall–Kier alpha value is -3.58. The van der Waals surface area contributed by atoms with Gasteiger partial charge in [-0.25, -0.2) is 4.79 Å². The average Bonchev–Trinajstić information content (AvgIpc) is 3.37. The molecule has 0 spiro atoms. The summed E-state index contributed by atoms with van der Waals surface area (Å²) >= 11 is 0. The smallest absolute Gasteiger partial charge is 0.315 e. The topological polar surface area (TPSA) is 86.6 Å². The van der Waals surface area contributed by atoms with Crippen LogP contribution in [0.15, 0.2) is 77.4 Å². The second kappa shape index (κ2) is 11.7. The number of nitrogens with one attached hydrogen (secondary N) is 3. The van der Waals surface area contributed by atoms with Crippen molar-refractivity contribution in [3.8, 4) is 0 Å². The van der Waals surface area contributed by atoms with Crippen LogP contribution in [0, 0.1) is 0 Å². The van der Waals surface area contributed by atoms with E-state index in [9.17, 15) is 9.59 Å². The van der Waals surface area contributed by atoms with Gasteiger partial charge in [0.25, 0.3) is 5.91 Å². The maximum absolute atomic E-state index is 12.4. The predicted octanol–water partition coefficient (Wildman–Crippen LogP) is 4.41. The number of urea groups is 1. The van der Waals surface area contributed by atoms with Crippen molar-refractivity contribution in [2.45, 2.75) is 26.4 Å². The third kappa shape index (κ3) is 6.46. The molecule has 1 atom stereocenters. The van der Waals surface area contributed by atoms with Crippen LogP contribution in [0.1, 0.15) is 41.6 Å². The lowest BCUT2D eigenvalue weighted by molar-refractivity contribution is 0.0996. The second-order valence-electron chi connectivity index (χ2n) is 7.34. The van der Waals surface area contributed by atoms with E-state index in [4.69, 9.17) is 4.42 Å². The Morgan fingerprint density at radius 2 is 1.62 bits per heavy atom. The van der Waals surface area contributed by atoms with Crippen molar-refractivity contribution in [3.05, 3.63) is 89.9 Å². The summed E-state index contributed by atoms with van der Waals surface area (Å²) in [5.74, 6) is -0.0487. The van der Waals surface area contributed by atoms with Crippen molar-refractivity contribution in [1.82, 2.24) is 15.5 Å². The standard InChI is InChI=1S/C25H30N4O3/c1-3-29(4-2)22(20-9-6-5-7-10-20)18-27-25(31)26-17-19-12-14-21(15-13-19)28-24(30)23-11-8-16-32-23/h5-16,22H,3-4,17-18H2,1-2H3,(H,28,30)(H2,26,27,31)/t22-/m0/s1. The molecule has 3 aromatic rings. The molecule has 0 aliphatic heterocycles. The lowest BCUT2D eigenvalue weighted by Crippen LogP contribution is -2.42. The second-order valence-corrected chi connectivity index (χ2v) is 7.34. The van der Waals surface area contributed by atoms with Gasteiger partial charge >= 0.3 is 6.03 Å². The highest BCUT2D eigenvalue weighted by atomic mass is 16.3. The zero-order valence-electron chi connectivity index (χ0n) is 18.5. The number of carbonyl (C=O) groups excluding carboxylic acids is 2. The summed E-state index contributed by atoms with van der Waals surface area (Å²) in [5, 5.41) is 8.66. The first-order chi connectivity index (χ1) is 15.6. The SMILES string of the molecule is CCN(CC)[C@@H](CNC(=O)NCc1ccc(NC(=O)c2ccco2)cc1)c1ccccc1. The van der Waals surface area contributed by atoms with Gasteiger partial charge in [-0.2, -0.15) is 0 Å². The molecule has 0 aliphatic rings. The van der Waals surface area contributed by atoms with Crippen molar-refractivity contribution in [3.63, 3.8) is 0 Å². The van der Waals surface area contributed by atoms with Gasteiger partial charge in [0.05, 0.1) is 12.3 Å². The Bertz CT molecular complexity index is 968. The number of likely N-dealkylation sites (N-methyl/N-ethyl adjacent to an activating group) is 1. The summed E-state index contributed by atoms with van der Waals surface area (Å²) in [6.07, 6.45) is 1.46. The van der Waals surface area contributed by atoms with Crippen molar-refractivity contribution in [2.24, 2.45) is 0 Å². The van der Waals surface area contributed by atoms with Gasteiger partial charge in [0.2, 0.25) is 0 Å². The number of benzene rings is 2. The molecule has 0 radical (unpaired) electrons. The number of hydrogen-bond donors (Lipinski definition) is 3. The summed E-state index contributed by atoms with van der Waals surface area (Å²) in [6, 6.07) is 20.7. The number of amides is 3. The number of anilines is 1. The van der Waals surface area contributed by atoms with E-state index in [1.807, 2.05) is 30.3 Å². The molecule has 7 nitrogen and oxygen atoms in total. The minimum Gasteiger partial charge on any atom is -0.459 e. The van der Waals surface area contributed by atoms with Gasteiger partial charge in [-0.15, -0.1) is 0 Å². The molecule has 0 unspecified atom stereocenters. The quantitative estimate of drug-likeness (QED) is 0.441. The van der Waals surface area contributed by atoms with E-state index in [2.05, 4.69) is 46.8 Å². The molecule has 3 rings (SSSR count). The highest BCUT2D eigenvalue weighted by Gasteiger charge is 2.18. The summed E-state index contributed by atoms with van der Waals surface area (Å²) in [5.41, 5.74) is 2.77. The van der Waals surface area contributed by atoms with Crippen LogP contribution in [0.2, 0.25) is 0 Å². The van der Waals surface area contributed by atoms with Crippen molar-refractivity contribution >= 4 is 17.6 Å². The highest BCUT2D eigenvalue weighted by molar-refractivity contribution is 6.02. The third-order valence-electron chi connectivity index (χ3n) is 5.30. The van der Waals surface area contributed by atoms with Gasteiger partial charge in [-0.1, -0.05) is 56.3 Å². The molecule has 2 aromatic carbocycles. The zero-order valence-corrected chi connectivity index (χ0v) is 18.5. The summed E-state index contributed by atoms with van der Waals surface area (Å²) in [7, 11) is 0. The van der Waals surface area contributed by atoms with E-state index in [0.29, 0.717) is 18.8 Å². The molecule has 0 saturated heterocycles. The van der Waals surface area contributed by atoms with E-state index in [-0.39, 0.29) is 23.7 Å². The Labute approximate surface area is 188 Å². The van der Waals surface area contributed by atoms with E-state index in [1.165, 1.54) is 11.8 Å². The Kier molecular flexibility index (Phi) is 8.45. The van der Waals surface area contributed by atoms with Gasteiger partial charge in [0.1, 0.15) is 0 Å². The van der Waals surface area contributed by atoms with Gasteiger partial charge in [-0.3, -0.25) is 9.69 Å². The molecule has 0 bridgehead atoms. The molecule has 32 heavy (non-hydrogen) atoms. The maximum Gasteiger partial charge on any atom is 0.315 e. The molecule has 168 valence electrons. The van der Waals surface area contributed by atoms with Crippen molar-refractivity contribution < 1.29 is 14.0 Å². The minimum atomic E-state index is -0.304. The zero-order chi connectivity index (χ0) is 22.8. The number of furan rings is 1. The molecule has 3 N–H and O–H groups in total. The molecule has 0 aliphatic carbocycles. The van der Waals surface area contributed by atoms with Crippen LogP contribution in [-0.2, 0) is 6.54 Å². The minimum absolute atomic E-state index is 0.119. The Morgan fingerprint density at radius 3 is 2.25 bits per heavy atom. The summed E-state index contributed by atoms with van der Waals surface area (Å²) in [4.78, 5) is 26.7. The first kappa shape index (κ1) is 23.1. The predicted molar refractivity (Wildman–Crippen MR) is 125 cm³/mol.